The first-order valence-electron chi connectivity index (χ1n) is 8.25. The number of hydrogen-bond acceptors (Lipinski definition) is 4. The summed E-state index contributed by atoms with van der Waals surface area (Å²) in [5, 5.41) is 5.42. The third-order valence-corrected chi connectivity index (χ3v) is 3.74. The number of carbonyl (C=O) groups is 2. The maximum atomic E-state index is 12.4. The second kappa shape index (κ2) is 8.38. The van der Waals surface area contributed by atoms with E-state index in [0.717, 1.165) is 24.2 Å². The van der Waals surface area contributed by atoms with Crippen molar-refractivity contribution < 1.29 is 19.1 Å². The highest BCUT2D eigenvalue weighted by Crippen LogP contribution is 2.28. The van der Waals surface area contributed by atoms with Crippen molar-refractivity contribution in [2.24, 2.45) is 0 Å². The van der Waals surface area contributed by atoms with Crippen LogP contribution in [-0.2, 0) is 9.53 Å². The summed E-state index contributed by atoms with van der Waals surface area (Å²) in [7, 11) is 0. The number of hydrogen-bond donors (Lipinski definition) is 2. The van der Waals surface area contributed by atoms with Crippen molar-refractivity contribution in [3.05, 3.63) is 41.1 Å². The zero-order valence-electron chi connectivity index (χ0n) is 14.3. The molecule has 0 bridgehead atoms. The maximum Gasteiger partial charge on any atom is 0.338 e. The van der Waals surface area contributed by atoms with E-state index in [0.29, 0.717) is 24.5 Å². The summed E-state index contributed by atoms with van der Waals surface area (Å²) in [5.41, 5.74) is 1.74. The van der Waals surface area contributed by atoms with Crippen LogP contribution in [0.2, 0.25) is 0 Å². The molecule has 24 heavy (non-hydrogen) atoms. The largest absolute Gasteiger partial charge is 0.494 e. The molecule has 0 saturated heterocycles. The van der Waals surface area contributed by atoms with E-state index in [1.807, 2.05) is 38.1 Å². The second-order valence-electron chi connectivity index (χ2n) is 5.56. The lowest BCUT2D eigenvalue weighted by Crippen LogP contribution is -2.45. The van der Waals surface area contributed by atoms with Gasteiger partial charge in [0.2, 0.25) is 0 Å². The predicted molar refractivity (Wildman–Crippen MR) is 90.6 cm³/mol. The Balaban J connectivity index is 2.25. The number of carbonyl (C=O) groups excluding carboxylic acids is 2. The summed E-state index contributed by atoms with van der Waals surface area (Å²) in [6, 6.07) is 6.45. The third kappa shape index (κ3) is 4.28. The lowest BCUT2D eigenvalue weighted by atomic mass is 9.95. The van der Waals surface area contributed by atoms with Gasteiger partial charge in [-0.2, -0.15) is 0 Å². The molecule has 6 nitrogen and oxygen atoms in total. The van der Waals surface area contributed by atoms with Crippen LogP contribution in [0.4, 0.5) is 4.79 Å². The van der Waals surface area contributed by atoms with Gasteiger partial charge in [-0.15, -0.1) is 0 Å². The molecule has 0 aromatic heterocycles. The number of esters is 1. The van der Waals surface area contributed by atoms with Gasteiger partial charge in [0.1, 0.15) is 5.75 Å². The molecule has 0 saturated carbocycles. The number of unbranched alkanes of at least 4 members (excludes halogenated alkanes) is 1. The first-order chi connectivity index (χ1) is 11.6. The Labute approximate surface area is 142 Å². The van der Waals surface area contributed by atoms with Crippen LogP contribution >= 0.6 is 0 Å². The molecule has 6 heteroatoms. The topological polar surface area (TPSA) is 76.7 Å². The van der Waals surface area contributed by atoms with Crippen LogP contribution in [0.15, 0.2) is 35.5 Å². The third-order valence-electron chi connectivity index (χ3n) is 3.74. The van der Waals surface area contributed by atoms with E-state index in [2.05, 4.69) is 10.6 Å². The molecule has 1 heterocycles. The molecule has 0 spiro atoms. The lowest BCUT2D eigenvalue weighted by Gasteiger charge is -2.28. The van der Waals surface area contributed by atoms with Gasteiger partial charge in [-0.1, -0.05) is 25.5 Å². The van der Waals surface area contributed by atoms with Crippen LogP contribution in [0.25, 0.3) is 0 Å². The normalized spacial score (nSPS) is 17.1. The molecule has 2 rings (SSSR count). The van der Waals surface area contributed by atoms with Gasteiger partial charge in [0.25, 0.3) is 0 Å². The van der Waals surface area contributed by atoms with Crippen molar-refractivity contribution in [1.82, 2.24) is 10.6 Å². The van der Waals surface area contributed by atoms with Crippen molar-refractivity contribution in [2.45, 2.75) is 39.7 Å². The molecular formula is C18H24N2O4. The number of rotatable bonds is 7. The van der Waals surface area contributed by atoms with Crippen molar-refractivity contribution >= 4 is 12.0 Å². The standard InChI is InChI=1S/C18H24N2O4/c1-4-6-11-24-17(21)15-12(3)19-18(22)20-16(15)13-7-9-14(10-8-13)23-5-2/h7-10,16H,4-6,11H2,1-3H3,(H2,19,20,22)/t16-/m0/s1. The molecule has 0 fully saturated rings. The van der Waals surface area contributed by atoms with Gasteiger partial charge in [0, 0.05) is 5.70 Å². The Morgan fingerprint density at radius 1 is 1.21 bits per heavy atom. The summed E-state index contributed by atoms with van der Waals surface area (Å²) < 4.78 is 10.8. The van der Waals surface area contributed by atoms with Crippen molar-refractivity contribution in [3.63, 3.8) is 0 Å². The Bertz CT molecular complexity index is 622. The molecule has 1 atom stereocenters. The zero-order valence-corrected chi connectivity index (χ0v) is 14.3. The van der Waals surface area contributed by atoms with E-state index < -0.39 is 12.0 Å². The monoisotopic (exact) mass is 332 g/mol. The summed E-state index contributed by atoms with van der Waals surface area (Å²) in [4.78, 5) is 24.3. The molecule has 0 aliphatic carbocycles. The summed E-state index contributed by atoms with van der Waals surface area (Å²) in [6.45, 7) is 6.60. The van der Waals surface area contributed by atoms with Crippen LogP contribution < -0.4 is 15.4 Å². The Morgan fingerprint density at radius 3 is 2.54 bits per heavy atom. The number of ether oxygens (including phenoxy) is 2. The average Bonchev–Trinajstić information content (AvgIpc) is 2.55. The van der Waals surface area contributed by atoms with E-state index in [1.165, 1.54) is 0 Å². The second-order valence-corrected chi connectivity index (χ2v) is 5.56. The Morgan fingerprint density at radius 2 is 1.92 bits per heavy atom. The fourth-order valence-electron chi connectivity index (χ4n) is 2.52. The van der Waals surface area contributed by atoms with E-state index in [4.69, 9.17) is 9.47 Å². The summed E-state index contributed by atoms with van der Waals surface area (Å²) in [6.07, 6.45) is 1.76. The molecule has 1 aliphatic heterocycles. The van der Waals surface area contributed by atoms with E-state index in [1.54, 1.807) is 6.92 Å². The van der Waals surface area contributed by atoms with Gasteiger partial charge in [-0.05, 0) is 38.0 Å². The number of urea groups is 1. The van der Waals surface area contributed by atoms with Crippen LogP contribution in [0.1, 0.15) is 45.2 Å². The van der Waals surface area contributed by atoms with Gasteiger partial charge < -0.3 is 20.1 Å². The zero-order chi connectivity index (χ0) is 17.5. The number of allylic oxidation sites excluding steroid dienone is 1. The van der Waals surface area contributed by atoms with Crippen molar-refractivity contribution in [2.75, 3.05) is 13.2 Å². The molecule has 130 valence electrons. The Kier molecular flexibility index (Phi) is 6.23. The van der Waals surface area contributed by atoms with Gasteiger partial charge >= 0.3 is 12.0 Å². The highest BCUT2D eigenvalue weighted by atomic mass is 16.5. The predicted octanol–water partition coefficient (Wildman–Crippen LogP) is 3.06. The average molecular weight is 332 g/mol. The minimum absolute atomic E-state index is 0.337. The van der Waals surface area contributed by atoms with Crippen molar-refractivity contribution in [3.8, 4) is 5.75 Å². The van der Waals surface area contributed by atoms with Crippen LogP contribution in [0.5, 0.6) is 5.75 Å². The van der Waals surface area contributed by atoms with E-state index >= 15 is 0 Å². The molecular weight excluding hydrogens is 308 g/mol. The van der Waals surface area contributed by atoms with E-state index in [-0.39, 0.29) is 6.03 Å². The number of nitrogens with one attached hydrogen (secondary N) is 2. The van der Waals surface area contributed by atoms with Gasteiger partial charge in [0.05, 0.1) is 24.8 Å². The smallest absolute Gasteiger partial charge is 0.338 e. The molecule has 2 amide bonds. The number of amides is 2. The van der Waals surface area contributed by atoms with Crippen molar-refractivity contribution in [1.29, 1.82) is 0 Å². The minimum Gasteiger partial charge on any atom is -0.494 e. The summed E-state index contributed by atoms with van der Waals surface area (Å²) in [5.74, 6) is 0.335. The molecule has 1 aromatic carbocycles. The van der Waals surface area contributed by atoms with Gasteiger partial charge in [-0.3, -0.25) is 0 Å². The first-order valence-corrected chi connectivity index (χ1v) is 8.25. The SMILES string of the molecule is CCCCOC(=O)C1=C(C)NC(=O)N[C@H]1c1ccc(OCC)cc1. The van der Waals surface area contributed by atoms with E-state index in [9.17, 15) is 9.59 Å². The van der Waals surface area contributed by atoms with Crippen LogP contribution in [0, 0.1) is 0 Å². The summed E-state index contributed by atoms with van der Waals surface area (Å²) >= 11 is 0. The van der Waals surface area contributed by atoms with Crippen LogP contribution in [0.3, 0.4) is 0 Å². The lowest BCUT2D eigenvalue weighted by molar-refractivity contribution is -0.139. The molecule has 2 N–H and O–H groups in total. The molecule has 0 unspecified atom stereocenters. The first kappa shape index (κ1) is 17.8. The fourth-order valence-corrected chi connectivity index (χ4v) is 2.52. The number of benzene rings is 1. The molecule has 1 aliphatic rings. The quantitative estimate of drug-likeness (QED) is 0.594. The maximum absolute atomic E-state index is 12.4. The molecule has 1 aromatic rings. The highest BCUT2D eigenvalue weighted by Gasteiger charge is 2.32. The minimum atomic E-state index is -0.538. The highest BCUT2D eigenvalue weighted by molar-refractivity contribution is 5.95. The Hall–Kier alpha value is -2.50. The fraction of sp³-hybridized carbons (Fsp3) is 0.444. The molecule has 0 radical (unpaired) electrons. The van der Waals surface area contributed by atoms with Gasteiger partial charge in [0.15, 0.2) is 0 Å². The van der Waals surface area contributed by atoms with Crippen LogP contribution in [-0.4, -0.2) is 25.2 Å². The van der Waals surface area contributed by atoms with Gasteiger partial charge in [-0.25, -0.2) is 9.59 Å².